The molecular weight excluding hydrogens is 220 g/mol. The van der Waals surface area contributed by atoms with Crippen molar-refractivity contribution in [3.63, 3.8) is 0 Å². The van der Waals surface area contributed by atoms with Gasteiger partial charge in [-0.3, -0.25) is 0 Å². The zero-order valence-corrected chi connectivity index (χ0v) is 10.9. The first kappa shape index (κ1) is 14.7. The van der Waals surface area contributed by atoms with Crippen LogP contribution in [0.1, 0.15) is 27.2 Å². The van der Waals surface area contributed by atoms with Crippen LogP contribution in [0, 0.1) is 0 Å². The third-order valence-electron chi connectivity index (χ3n) is 1.44. The first-order valence-corrected chi connectivity index (χ1v) is 5.88. The molecule has 0 aliphatic rings. The quantitative estimate of drug-likeness (QED) is 0.695. The largest absolute Gasteiger partial charge is 0.508 e. The Morgan fingerprint density at radius 3 is 2.44 bits per heavy atom. The van der Waals surface area contributed by atoms with E-state index in [-0.39, 0.29) is 5.75 Å². The summed E-state index contributed by atoms with van der Waals surface area (Å²) in [4.78, 5) is 0. The van der Waals surface area contributed by atoms with E-state index in [1.54, 1.807) is 18.2 Å². The molecule has 0 aromatic heterocycles. The minimum absolute atomic E-state index is 0.226. The van der Waals surface area contributed by atoms with Gasteiger partial charge in [0.05, 0.1) is 0 Å². The summed E-state index contributed by atoms with van der Waals surface area (Å²) in [7, 11) is 0. The van der Waals surface area contributed by atoms with Crippen molar-refractivity contribution >= 4 is 23.0 Å². The maximum atomic E-state index is 9.15. The number of phenols is 1. The molecule has 0 amide bonds. The number of nitrogens with one attached hydrogen (secondary N) is 2. The number of thiocarbonyl (C=S) groups is 1. The first-order chi connectivity index (χ1) is 7.63. The molecule has 0 unspecified atom stereocenters. The molecule has 0 fully saturated rings. The van der Waals surface area contributed by atoms with Crippen molar-refractivity contribution < 1.29 is 5.11 Å². The monoisotopic (exact) mass is 240 g/mol. The van der Waals surface area contributed by atoms with E-state index in [1.165, 1.54) is 6.42 Å². The number of hydrogen-bond acceptors (Lipinski definition) is 2. The third kappa shape index (κ3) is 7.06. The van der Waals surface area contributed by atoms with Crippen molar-refractivity contribution in [1.29, 1.82) is 0 Å². The summed E-state index contributed by atoms with van der Waals surface area (Å²) in [6.45, 7) is 7.00. The smallest absolute Gasteiger partial charge is 0.170 e. The van der Waals surface area contributed by atoms with Crippen LogP contribution >= 0.6 is 12.2 Å². The highest BCUT2D eigenvalue weighted by Crippen LogP contribution is 2.14. The number of hydrogen-bond donors (Lipinski definition) is 3. The Bertz CT molecular complexity index is 316. The molecule has 16 heavy (non-hydrogen) atoms. The maximum absolute atomic E-state index is 9.15. The van der Waals surface area contributed by atoms with Crippen molar-refractivity contribution in [2.75, 3.05) is 11.9 Å². The molecule has 0 bridgehead atoms. The van der Waals surface area contributed by atoms with E-state index < -0.39 is 0 Å². The number of aromatic hydroxyl groups is 1. The number of rotatable bonds is 2. The lowest BCUT2D eigenvalue weighted by molar-refractivity contribution is 0.475. The van der Waals surface area contributed by atoms with Crippen molar-refractivity contribution in [3.05, 3.63) is 24.3 Å². The molecule has 0 aliphatic carbocycles. The van der Waals surface area contributed by atoms with E-state index in [9.17, 15) is 0 Å². The van der Waals surface area contributed by atoms with Gasteiger partial charge in [0.15, 0.2) is 5.11 Å². The second-order valence-corrected chi connectivity index (χ2v) is 3.65. The van der Waals surface area contributed by atoms with Gasteiger partial charge in [0.2, 0.25) is 0 Å². The van der Waals surface area contributed by atoms with Gasteiger partial charge in [-0.25, -0.2) is 0 Å². The van der Waals surface area contributed by atoms with Crippen LogP contribution < -0.4 is 10.6 Å². The van der Waals surface area contributed by atoms with E-state index in [1.807, 2.05) is 13.0 Å². The molecule has 90 valence electrons. The van der Waals surface area contributed by atoms with E-state index in [0.717, 1.165) is 12.2 Å². The first-order valence-electron chi connectivity index (χ1n) is 5.47. The lowest BCUT2D eigenvalue weighted by atomic mass is 10.3. The van der Waals surface area contributed by atoms with Crippen LogP contribution in [0.5, 0.6) is 5.75 Å². The van der Waals surface area contributed by atoms with Crippen molar-refractivity contribution in [2.24, 2.45) is 0 Å². The highest BCUT2D eigenvalue weighted by Gasteiger charge is 1.95. The van der Waals surface area contributed by atoms with E-state index in [4.69, 9.17) is 17.3 Å². The summed E-state index contributed by atoms with van der Waals surface area (Å²) in [5.41, 5.74) is 0.783. The van der Waals surface area contributed by atoms with E-state index in [2.05, 4.69) is 24.5 Å². The van der Waals surface area contributed by atoms with Crippen LogP contribution in [0.4, 0.5) is 5.69 Å². The second-order valence-electron chi connectivity index (χ2n) is 3.24. The molecule has 4 heteroatoms. The highest BCUT2D eigenvalue weighted by atomic mass is 32.1. The van der Waals surface area contributed by atoms with Crippen molar-refractivity contribution in [3.8, 4) is 5.75 Å². The fourth-order valence-corrected chi connectivity index (χ4v) is 1.18. The molecule has 1 aromatic rings. The molecule has 1 aromatic carbocycles. The van der Waals surface area contributed by atoms with Crippen LogP contribution in [-0.2, 0) is 0 Å². The predicted molar refractivity (Wildman–Crippen MR) is 74.0 cm³/mol. The minimum atomic E-state index is 0.226. The van der Waals surface area contributed by atoms with Crippen molar-refractivity contribution in [1.82, 2.24) is 5.32 Å². The van der Waals surface area contributed by atoms with Crippen LogP contribution in [-0.4, -0.2) is 16.8 Å². The zero-order chi connectivity index (χ0) is 12.4. The maximum Gasteiger partial charge on any atom is 0.170 e. The summed E-state index contributed by atoms with van der Waals surface area (Å²) in [6.07, 6.45) is 1.25. The SMILES string of the molecule is CCC.CCNC(=S)Nc1cccc(O)c1. The average Bonchev–Trinajstić information content (AvgIpc) is 2.19. The topological polar surface area (TPSA) is 44.3 Å². The number of anilines is 1. The molecule has 0 heterocycles. The van der Waals surface area contributed by atoms with Crippen molar-refractivity contribution in [2.45, 2.75) is 27.2 Å². The van der Waals surface area contributed by atoms with Gasteiger partial charge < -0.3 is 15.7 Å². The fourth-order valence-electron chi connectivity index (χ4n) is 0.920. The van der Waals surface area contributed by atoms with Gasteiger partial charge >= 0.3 is 0 Å². The number of benzene rings is 1. The van der Waals surface area contributed by atoms with Gasteiger partial charge in [-0.1, -0.05) is 26.3 Å². The Morgan fingerprint density at radius 2 is 1.94 bits per heavy atom. The molecule has 1 rings (SSSR count). The summed E-state index contributed by atoms with van der Waals surface area (Å²) >= 11 is 4.97. The average molecular weight is 240 g/mol. The Morgan fingerprint density at radius 1 is 1.31 bits per heavy atom. The Labute approximate surface area is 103 Å². The zero-order valence-electron chi connectivity index (χ0n) is 10.1. The van der Waals surface area contributed by atoms with Gasteiger partial charge in [-0.15, -0.1) is 0 Å². The van der Waals surface area contributed by atoms with Gasteiger partial charge in [0.25, 0.3) is 0 Å². The van der Waals surface area contributed by atoms with Gasteiger partial charge in [-0.05, 0) is 31.3 Å². The molecule has 0 radical (unpaired) electrons. The Kier molecular flexibility index (Phi) is 8.25. The fraction of sp³-hybridized carbons (Fsp3) is 0.417. The summed E-state index contributed by atoms with van der Waals surface area (Å²) in [5, 5.41) is 15.6. The summed E-state index contributed by atoms with van der Waals surface area (Å²) in [6, 6.07) is 6.82. The van der Waals surface area contributed by atoms with Crippen LogP contribution in [0.2, 0.25) is 0 Å². The Balaban J connectivity index is 0.000000673. The molecule has 0 saturated carbocycles. The standard InChI is InChI=1S/C9H12N2OS.C3H8/c1-2-10-9(13)11-7-4-3-5-8(12)6-7;1-3-2/h3-6,12H,2H2,1H3,(H2,10,11,13);3H2,1-2H3. The summed E-state index contributed by atoms with van der Waals surface area (Å²) < 4.78 is 0. The predicted octanol–water partition coefficient (Wildman–Crippen LogP) is 3.11. The third-order valence-corrected chi connectivity index (χ3v) is 1.69. The lowest BCUT2D eigenvalue weighted by Gasteiger charge is -2.08. The minimum Gasteiger partial charge on any atom is -0.508 e. The molecule has 3 nitrogen and oxygen atoms in total. The van der Waals surface area contributed by atoms with Gasteiger partial charge in [0.1, 0.15) is 5.75 Å². The lowest BCUT2D eigenvalue weighted by Crippen LogP contribution is -2.27. The Hall–Kier alpha value is -1.29. The molecule has 0 aliphatic heterocycles. The van der Waals surface area contributed by atoms with Gasteiger partial charge in [0, 0.05) is 18.3 Å². The normalized spacial score (nSPS) is 8.69. The van der Waals surface area contributed by atoms with E-state index in [0.29, 0.717) is 5.11 Å². The molecule has 0 atom stereocenters. The van der Waals surface area contributed by atoms with Crippen LogP contribution in [0.15, 0.2) is 24.3 Å². The molecular formula is C12H20N2OS. The molecule has 0 spiro atoms. The van der Waals surface area contributed by atoms with Crippen LogP contribution in [0.3, 0.4) is 0 Å². The molecule has 0 saturated heterocycles. The van der Waals surface area contributed by atoms with Gasteiger partial charge in [-0.2, -0.15) is 0 Å². The highest BCUT2D eigenvalue weighted by molar-refractivity contribution is 7.80. The second kappa shape index (κ2) is 8.97. The van der Waals surface area contributed by atoms with Crippen LogP contribution in [0.25, 0.3) is 0 Å². The van der Waals surface area contributed by atoms with E-state index >= 15 is 0 Å². The summed E-state index contributed by atoms with van der Waals surface area (Å²) in [5.74, 6) is 0.226. The molecule has 3 N–H and O–H groups in total. The number of phenolic OH excluding ortho intramolecular Hbond substituents is 1.